The first-order chi connectivity index (χ1) is 16.1. The second-order valence-electron chi connectivity index (χ2n) is 11.7. The number of anilines is 2. The van der Waals surface area contributed by atoms with Gasteiger partial charge in [0.1, 0.15) is 11.5 Å². The van der Waals surface area contributed by atoms with E-state index >= 15 is 0 Å². The molecule has 36 heavy (non-hydrogen) atoms. The number of hydrogen-bond donors (Lipinski definition) is 2. The monoisotopic (exact) mass is 536 g/mol. The van der Waals surface area contributed by atoms with Gasteiger partial charge in [0.15, 0.2) is 0 Å². The van der Waals surface area contributed by atoms with Crippen LogP contribution in [0.25, 0.3) is 0 Å². The van der Waals surface area contributed by atoms with E-state index in [1.165, 1.54) is 36.4 Å². The zero-order valence-electron chi connectivity index (χ0n) is 23.0. The minimum atomic E-state index is -2.04. The van der Waals surface area contributed by atoms with E-state index < -0.39 is 26.5 Å². The number of hydrogen-bond acceptors (Lipinski definition) is 8. The highest BCUT2D eigenvalue weighted by molar-refractivity contribution is 6.75. The smallest absolute Gasteiger partial charge is 0.273 e. The van der Waals surface area contributed by atoms with Gasteiger partial charge < -0.3 is 20.3 Å². The van der Waals surface area contributed by atoms with Gasteiger partial charge in [-0.2, -0.15) is 0 Å². The molecule has 0 aliphatic carbocycles. The van der Waals surface area contributed by atoms with Crippen LogP contribution in [0.1, 0.15) is 41.5 Å². The summed E-state index contributed by atoms with van der Waals surface area (Å²) in [5.74, 6) is 0.826. The lowest BCUT2D eigenvalue weighted by Crippen LogP contribution is -2.44. The molecule has 0 unspecified atom stereocenters. The normalized spacial score (nSPS) is 12.3. The molecule has 2 rings (SSSR count). The molecule has 0 aliphatic heterocycles. The third-order valence-corrected chi connectivity index (χ3v) is 15.4. The lowest BCUT2D eigenvalue weighted by molar-refractivity contribution is -0.385. The zero-order chi connectivity index (χ0) is 28.3. The van der Waals surface area contributed by atoms with Gasteiger partial charge in [-0.15, -0.1) is 0 Å². The van der Waals surface area contributed by atoms with Crippen LogP contribution in [-0.4, -0.2) is 26.5 Å². The Kier molecular flexibility index (Phi) is 9.33. The fourth-order valence-electron chi connectivity index (χ4n) is 2.31. The van der Waals surface area contributed by atoms with Crippen molar-refractivity contribution >= 4 is 39.4 Å². The molecule has 4 N–H and O–H groups in total. The Morgan fingerprint density at radius 3 is 1.17 bits per heavy atom. The summed E-state index contributed by atoms with van der Waals surface area (Å²) in [6.45, 7) is 20.9. The topological polar surface area (TPSA) is 157 Å². The Morgan fingerprint density at radius 1 is 0.667 bits per heavy atom. The standard InChI is InChI=1S/2C12H20N2O3Si/c2*1-12(2,3)18(4,5)17-11-8-9(14(15)16)6-7-10(11)13/h2*6-8H,13H2,1-5H3. The lowest BCUT2D eigenvalue weighted by Gasteiger charge is -2.36. The molecule has 0 aliphatic rings. The van der Waals surface area contributed by atoms with Crippen LogP contribution in [0.2, 0.25) is 36.3 Å². The lowest BCUT2D eigenvalue weighted by atomic mass is 10.2. The largest absolute Gasteiger partial charge is 0.542 e. The fraction of sp³-hybridized carbons (Fsp3) is 0.500. The van der Waals surface area contributed by atoms with Gasteiger partial charge in [-0.05, 0) is 48.4 Å². The summed E-state index contributed by atoms with van der Waals surface area (Å²) >= 11 is 0. The summed E-state index contributed by atoms with van der Waals surface area (Å²) < 4.78 is 12.0. The molecule has 0 atom stereocenters. The van der Waals surface area contributed by atoms with Crippen molar-refractivity contribution in [2.45, 2.75) is 77.8 Å². The summed E-state index contributed by atoms with van der Waals surface area (Å²) in [5, 5.41) is 21.5. The van der Waals surface area contributed by atoms with E-state index in [-0.39, 0.29) is 21.5 Å². The van der Waals surface area contributed by atoms with Crippen molar-refractivity contribution in [2.75, 3.05) is 11.5 Å². The number of nitro groups is 2. The predicted molar refractivity (Wildman–Crippen MR) is 151 cm³/mol. The minimum absolute atomic E-state index is 0.00194. The molecule has 10 nitrogen and oxygen atoms in total. The van der Waals surface area contributed by atoms with Gasteiger partial charge in [-0.1, -0.05) is 41.5 Å². The van der Waals surface area contributed by atoms with Gasteiger partial charge >= 0.3 is 0 Å². The molecule has 0 fully saturated rings. The van der Waals surface area contributed by atoms with Gasteiger partial charge in [0.05, 0.1) is 33.4 Å². The van der Waals surface area contributed by atoms with Crippen molar-refractivity contribution in [3.05, 3.63) is 56.6 Å². The Bertz CT molecular complexity index is 1020. The Labute approximate surface area is 215 Å². The van der Waals surface area contributed by atoms with Gasteiger partial charge in [0.25, 0.3) is 28.0 Å². The number of benzene rings is 2. The van der Waals surface area contributed by atoms with Crippen LogP contribution in [0.4, 0.5) is 22.7 Å². The first-order valence-corrected chi connectivity index (χ1v) is 17.4. The van der Waals surface area contributed by atoms with E-state index in [1.807, 2.05) is 0 Å². The molecule has 0 radical (unpaired) electrons. The molecule has 200 valence electrons. The van der Waals surface area contributed by atoms with E-state index in [1.54, 1.807) is 0 Å². The molecular formula is C24H40N4O6Si2. The van der Waals surface area contributed by atoms with Crippen molar-refractivity contribution < 1.29 is 18.7 Å². The number of nitrogens with zero attached hydrogens (tertiary/aromatic N) is 2. The van der Waals surface area contributed by atoms with E-state index in [0.29, 0.717) is 22.9 Å². The molecule has 0 spiro atoms. The zero-order valence-corrected chi connectivity index (χ0v) is 25.0. The van der Waals surface area contributed by atoms with Crippen molar-refractivity contribution in [3.8, 4) is 11.5 Å². The number of rotatable bonds is 6. The second-order valence-corrected chi connectivity index (χ2v) is 21.1. The van der Waals surface area contributed by atoms with Crippen LogP contribution in [0.3, 0.4) is 0 Å². The van der Waals surface area contributed by atoms with Gasteiger partial charge in [-0.3, -0.25) is 20.2 Å². The summed E-state index contributed by atoms with van der Waals surface area (Å²) in [6, 6.07) is 8.59. The Balaban J connectivity index is 0.000000360. The van der Waals surface area contributed by atoms with Crippen LogP contribution in [0, 0.1) is 20.2 Å². The molecular weight excluding hydrogens is 496 g/mol. The highest BCUT2D eigenvalue weighted by atomic mass is 28.4. The average Bonchev–Trinajstić information content (AvgIpc) is 2.69. The molecule has 0 saturated carbocycles. The molecule has 0 bridgehead atoms. The van der Waals surface area contributed by atoms with Gasteiger partial charge in [0, 0.05) is 12.1 Å². The fourth-order valence-corrected chi connectivity index (χ4v) is 4.37. The first-order valence-electron chi connectivity index (χ1n) is 11.5. The van der Waals surface area contributed by atoms with Crippen LogP contribution < -0.4 is 20.3 Å². The van der Waals surface area contributed by atoms with Crippen LogP contribution >= 0.6 is 0 Å². The molecule has 0 heterocycles. The average molecular weight is 537 g/mol. The third-order valence-electron chi connectivity index (χ3n) is 6.76. The van der Waals surface area contributed by atoms with Crippen LogP contribution in [0.15, 0.2) is 36.4 Å². The van der Waals surface area contributed by atoms with Crippen molar-refractivity contribution in [1.82, 2.24) is 0 Å². The molecule has 2 aromatic rings. The minimum Gasteiger partial charge on any atom is -0.542 e. The van der Waals surface area contributed by atoms with Gasteiger partial charge in [-0.25, -0.2) is 0 Å². The number of nitrogens with two attached hydrogens (primary N) is 2. The number of nitro benzene ring substituents is 2. The summed E-state index contributed by atoms with van der Waals surface area (Å²) in [7, 11) is -4.07. The predicted octanol–water partition coefficient (Wildman–Crippen LogP) is 7.12. The van der Waals surface area contributed by atoms with Crippen LogP contribution in [0.5, 0.6) is 11.5 Å². The summed E-state index contributed by atoms with van der Waals surface area (Å²) in [4.78, 5) is 20.6. The Hall–Kier alpha value is -3.13. The molecule has 0 saturated heterocycles. The highest BCUT2D eigenvalue weighted by Gasteiger charge is 2.40. The van der Waals surface area contributed by atoms with Crippen LogP contribution in [-0.2, 0) is 0 Å². The SMILES string of the molecule is CC(C)(C)[Si](C)(C)Oc1cc([N+](=O)[O-])ccc1N.CC(C)(C)[Si](C)(C)Oc1cc([N+](=O)[O-])ccc1N. The quantitative estimate of drug-likeness (QED) is 0.171. The van der Waals surface area contributed by atoms with E-state index in [4.69, 9.17) is 20.3 Å². The summed E-state index contributed by atoms with van der Waals surface area (Å²) in [5.41, 5.74) is 12.5. The molecule has 0 amide bonds. The number of nitrogen functional groups attached to an aromatic ring is 2. The Morgan fingerprint density at radius 2 is 0.944 bits per heavy atom. The maximum Gasteiger partial charge on any atom is 0.273 e. The van der Waals surface area contributed by atoms with E-state index in [0.717, 1.165) is 0 Å². The van der Waals surface area contributed by atoms with E-state index in [9.17, 15) is 20.2 Å². The third kappa shape index (κ3) is 7.95. The summed E-state index contributed by atoms with van der Waals surface area (Å²) in [6.07, 6.45) is 0. The first kappa shape index (κ1) is 30.9. The van der Waals surface area contributed by atoms with Crippen molar-refractivity contribution in [2.24, 2.45) is 0 Å². The maximum atomic E-state index is 10.7. The van der Waals surface area contributed by atoms with Crippen molar-refractivity contribution in [3.63, 3.8) is 0 Å². The van der Waals surface area contributed by atoms with Gasteiger partial charge in [0.2, 0.25) is 0 Å². The van der Waals surface area contributed by atoms with E-state index in [2.05, 4.69) is 67.7 Å². The number of non-ortho nitro benzene ring substituents is 2. The second kappa shape index (κ2) is 10.9. The molecule has 0 aromatic heterocycles. The molecule has 12 heteroatoms. The molecule has 2 aromatic carbocycles. The maximum absolute atomic E-state index is 10.7. The van der Waals surface area contributed by atoms with Crippen molar-refractivity contribution in [1.29, 1.82) is 0 Å². The highest BCUT2D eigenvalue weighted by Crippen LogP contribution is 2.40.